The lowest BCUT2D eigenvalue weighted by Gasteiger charge is -2.25. The molecule has 21 heteroatoms. The van der Waals surface area contributed by atoms with Gasteiger partial charge in [-0.15, -0.1) is 6.42 Å². The van der Waals surface area contributed by atoms with Gasteiger partial charge in [-0.2, -0.15) is 13.6 Å². The Morgan fingerprint density at radius 3 is 2.39 bits per heavy atom. The summed E-state index contributed by atoms with van der Waals surface area (Å²) in [6.45, 7) is -2.29. The third-order valence-electron chi connectivity index (χ3n) is 4.07. The van der Waals surface area contributed by atoms with Gasteiger partial charge in [0.1, 0.15) is 0 Å². The van der Waals surface area contributed by atoms with Crippen LogP contribution in [0.15, 0.2) is 11.0 Å². The van der Waals surface area contributed by atoms with E-state index < -0.39 is 77.9 Å². The van der Waals surface area contributed by atoms with Gasteiger partial charge in [0.25, 0.3) is 0 Å². The fourth-order valence-electron chi connectivity index (χ4n) is 2.76. The van der Waals surface area contributed by atoms with E-state index in [0.717, 1.165) is 0 Å². The van der Waals surface area contributed by atoms with Gasteiger partial charge in [-0.05, 0) is 0 Å². The molecule has 33 heavy (non-hydrogen) atoms. The Morgan fingerprint density at radius 1 is 1.27 bits per heavy atom. The van der Waals surface area contributed by atoms with Crippen LogP contribution in [0.1, 0.15) is 6.23 Å². The largest absolute Gasteiger partial charge is 0.490 e. The zero-order chi connectivity index (χ0) is 25.4. The summed E-state index contributed by atoms with van der Waals surface area (Å²) in [6.07, 6.45) is 1.70. The minimum absolute atomic E-state index is 0.277. The molecule has 1 aliphatic heterocycles. The van der Waals surface area contributed by atoms with E-state index in [1.54, 1.807) is 5.92 Å². The molecule has 1 aromatic heterocycles. The molecule has 2 rings (SSSR count). The number of aliphatic hydroxyl groups is 1. The van der Waals surface area contributed by atoms with E-state index in [2.05, 4.69) is 18.1 Å². The van der Waals surface area contributed by atoms with Gasteiger partial charge >= 0.3 is 29.2 Å². The molecule has 0 bridgehead atoms. The first kappa shape index (κ1) is 27.7. The standard InChI is InChI=1S/C12H16F2N3O13P3/c1-2-12(14)6(4-18)8(28-10(12)17-3-7(13)9(15)16-11(17)19)5-27-32(23,24)30-33(25,26)29-31(20,21)22/h1,3,6,8,10,18H,4-5H2,(H,23,24)(H,25,26)(H2,15,16,19)(H2,20,21,22)/t6?,8-,10-,12?/m1/s1. The second-order valence-corrected chi connectivity index (χ2v) is 10.7. The van der Waals surface area contributed by atoms with Crippen molar-refractivity contribution in [2.24, 2.45) is 5.92 Å². The number of phosphoric acid groups is 3. The summed E-state index contributed by atoms with van der Waals surface area (Å²) in [5.74, 6) is -2.20. The smallest absolute Gasteiger partial charge is 0.396 e. The van der Waals surface area contributed by atoms with Crippen LogP contribution in [-0.4, -0.2) is 59.2 Å². The van der Waals surface area contributed by atoms with Crippen molar-refractivity contribution in [3.05, 3.63) is 22.5 Å². The average molecular weight is 541 g/mol. The van der Waals surface area contributed by atoms with Crippen molar-refractivity contribution in [1.29, 1.82) is 0 Å². The topological polar surface area (TPSA) is 250 Å². The first-order chi connectivity index (χ1) is 14.9. The predicted molar refractivity (Wildman–Crippen MR) is 99.8 cm³/mol. The second-order valence-electron chi connectivity index (χ2n) is 6.28. The van der Waals surface area contributed by atoms with Crippen molar-refractivity contribution in [2.75, 3.05) is 18.9 Å². The number of aromatic nitrogens is 2. The van der Waals surface area contributed by atoms with Crippen LogP contribution in [0.3, 0.4) is 0 Å². The lowest BCUT2D eigenvalue weighted by Crippen LogP contribution is -2.42. The lowest BCUT2D eigenvalue weighted by molar-refractivity contribution is -0.0524. The zero-order valence-corrected chi connectivity index (χ0v) is 18.6. The van der Waals surface area contributed by atoms with Gasteiger partial charge in [-0.1, -0.05) is 5.92 Å². The van der Waals surface area contributed by atoms with Crippen LogP contribution >= 0.6 is 23.5 Å². The summed E-state index contributed by atoms with van der Waals surface area (Å²) < 4.78 is 80.0. The molecule has 16 nitrogen and oxygen atoms in total. The summed E-state index contributed by atoms with van der Waals surface area (Å²) in [5.41, 5.74) is 0.805. The van der Waals surface area contributed by atoms with Gasteiger partial charge in [0, 0.05) is 0 Å². The van der Waals surface area contributed by atoms with Crippen LogP contribution in [0.25, 0.3) is 0 Å². The van der Waals surface area contributed by atoms with Gasteiger partial charge in [-0.25, -0.2) is 27.3 Å². The number of alkyl halides is 1. The molecule has 1 aromatic rings. The van der Waals surface area contributed by atoms with E-state index in [0.29, 0.717) is 6.20 Å². The summed E-state index contributed by atoms with van der Waals surface area (Å²) >= 11 is 0. The summed E-state index contributed by atoms with van der Waals surface area (Å²) in [4.78, 5) is 50.8. The van der Waals surface area contributed by atoms with Crippen molar-refractivity contribution < 1.29 is 65.0 Å². The Balaban J connectivity index is 2.28. The number of terminal acetylenes is 1. The van der Waals surface area contributed by atoms with Crippen LogP contribution in [0.2, 0.25) is 0 Å². The number of nitrogen functional groups attached to an aromatic ring is 1. The lowest BCUT2D eigenvalue weighted by atomic mass is 9.87. The molecule has 6 atom stereocenters. The highest BCUT2D eigenvalue weighted by Gasteiger charge is 2.58. The Hall–Kier alpha value is -1.57. The number of halogens is 2. The van der Waals surface area contributed by atoms with Gasteiger partial charge in [-0.3, -0.25) is 9.09 Å². The fourth-order valence-corrected chi connectivity index (χ4v) is 5.79. The van der Waals surface area contributed by atoms with Crippen molar-refractivity contribution >= 4 is 29.3 Å². The molecule has 0 aliphatic carbocycles. The highest BCUT2D eigenvalue weighted by molar-refractivity contribution is 7.66. The third-order valence-corrected chi connectivity index (χ3v) is 7.88. The average Bonchev–Trinajstić information content (AvgIpc) is 2.92. The molecule has 0 spiro atoms. The van der Waals surface area contributed by atoms with Gasteiger partial charge in [0.15, 0.2) is 17.9 Å². The number of nitrogens with two attached hydrogens (primary N) is 1. The Labute approximate surface area is 182 Å². The molecule has 186 valence electrons. The number of rotatable bonds is 9. The Morgan fingerprint density at radius 2 is 1.88 bits per heavy atom. The van der Waals surface area contributed by atoms with Gasteiger partial charge < -0.3 is 35.2 Å². The molecule has 1 aliphatic rings. The summed E-state index contributed by atoms with van der Waals surface area (Å²) in [5, 5.41) is 9.56. The van der Waals surface area contributed by atoms with Crippen LogP contribution in [-0.2, 0) is 31.6 Å². The van der Waals surface area contributed by atoms with E-state index in [1.165, 1.54) is 0 Å². The van der Waals surface area contributed by atoms with Crippen molar-refractivity contribution in [1.82, 2.24) is 9.55 Å². The monoisotopic (exact) mass is 541 g/mol. The van der Waals surface area contributed by atoms with Crippen LogP contribution in [0.5, 0.6) is 0 Å². The zero-order valence-electron chi connectivity index (χ0n) is 15.9. The molecule has 2 heterocycles. The number of ether oxygens (including phenoxy) is 1. The van der Waals surface area contributed by atoms with Crippen LogP contribution in [0.4, 0.5) is 14.6 Å². The van der Waals surface area contributed by atoms with E-state index in [-0.39, 0.29) is 4.57 Å². The number of phosphoric ester groups is 1. The Bertz CT molecular complexity index is 1150. The molecule has 0 aromatic carbocycles. The predicted octanol–water partition coefficient (Wildman–Crippen LogP) is -0.845. The molecular weight excluding hydrogens is 525 g/mol. The van der Waals surface area contributed by atoms with E-state index in [1.807, 2.05) is 0 Å². The molecular formula is C12H16F2N3O13P3. The molecule has 0 radical (unpaired) electrons. The summed E-state index contributed by atoms with van der Waals surface area (Å²) in [7, 11) is -17.1. The van der Waals surface area contributed by atoms with E-state index >= 15 is 4.39 Å². The third kappa shape index (κ3) is 6.52. The van der Waals surface area contributed by atoms with E-state index in [4.69, 9.17) is 31.6 Å². The minimum atomic E-state index is -5.83. The molecule has 0 amide bonds. The summed E-state index contributed by atoms with van der Waals surface area (Å²) in [6, 6.07) is 0. The number of hydrogen-bond acceptors (Lipinski definition) is 11. The maximum Gasteiger partial charge on any atom is 0.490 e. The maximum absolute atomic E-state index is 15.5. The number of aliphatic hydroxyl groups excluding tert-OH is 1. The molecule has 4 unspecified atom stereocenters. The van der Waals surface area contributed by atoms with Crippen molar-refractivity contribution in [3.63, 3.8) is 0 Å². The van der Waals surface area contributed by atoms with Crippen molar-refractivity contribution in [2.45, 2.75) is 18.0 Å². The molecule has 7 N–H and O–H groups in total. The first-order valence-electron chi connectivity index (χ1n) is 8.20. The fraction of sp³-hybridized carbons (Fsp3) is 0.500. The molecule has 0 saturated carbocycles. The van der Waals surface area contributed by atoms with Gasteiger partial charge in [0.05, 0.1) is 31.4 Å². The number of hydrogen-bond donors (Lipinski definition) is 6. The quantitative estimate of drug-likeness (QED) is 0.165. The van der Waals surface area contributed by atoms with Crippen LogP contribution < -0.4 is 11.4 Å². The second kappa shape index (κ2) is 9.59. The maximum atomic E-state index is 15.5. The van der Waals surface area contributed by atoms with E-state index in [9.17, 15) is 32.9 Å². The Kier molecular flexibility index (Phi) is 8.04. The minimum Gasteiger partial charge on any atom is -0.396 e. The molecule has 1 saturated heterocycles. The number of anilines is 1. The van der Waals surface area contributed by atoms with Gasteiger partial charge in [0.2, 0.25) is 5.67 Å². The van der Waals surface area contributed by atoms with Crippen LogP contribution in [0, 0.1) is 24.1 Å². The molecule has 1 fully saturated rings. The first-order valence-corrected chi connectivity index (χ1v) is 12.7. The van der Waals surface area contributed by atoms with Crippen molar-refractivity contribution in [3.8, 4) is 12.3 Å². The highest BCUT2D eigenvalue weighted by Crippen LogP contribution is 2.66. The normalized spacial score (nSPS) is 29.2. The highest BCUT2D eigenvalue weighted by atomic mass is 31.3. The SMILES string of the molecule is C#CC1(F)C(CO)[C@@H](COP(=O)(O)OP(=O)(O)OP(=O)(O)O)O[C@H]1n1cc(F)c(N)nc1=O. The number of nitrogens with zero attached hydrogens (tertiary/aromatic N) is 2.